The van der Waals surface area contributed by atoms with Crippen LogP contribution < -0.4 is 10.1 Å². The molecule has 1 aliphatic heterocycles. The number of aromatic carboxylic acids is 1. The fourth-order valence-electron chi connectivity index (χ4n) is 3.71. The Morgan fingerprint density at radius 3 is 2.76 bits per heavy atom. The number of hydrogen-bond acceptors (Lipinski definition) is 5. The van der Waals surface area contributed by atoms with Crippen LogP contribution in [0.25, 0.3) is 10.9 Å². The van der Waals surface area contributed by atoms with Gasteiger partial charge in [-0.25, -0.2) is 4.79 Å². The van der Waals surface area contributed by atoms with E-state index in [-0.39, 0.29) is 5.56 Å². The van der Waals surface area contributed by atoms with Gasteiger partial charge in [0.05, 0.1) is 29.6 Å². The van der Waals surface area contributed by atoms with Crippen LogP contribution in [0.1, 0.15) is 34.7 Å². The SMILES string of the molecule is COc1ccc(Nc2c(C3CCOCC3)cnc3ccc(Br)cc23)c(C(=O)O)c1. The van der Waals surface area contributed by atoms with Gasteiger partial charge in [-0.1, -0.05) is 15.9 Å². The average Bonchev–Trinajstić information content (AvgIpc) is 2.74. The van der Waals surface area contributed by atoms with Gasteiger partial charge in [0.1, 0.15) is 5.75 Å². The number of methoxy groups -OCH3 is 1. The van der Waals surface area contributed by atoms with Crippen molar-refractivity contribution in [1.82, 2.24) is 4.98 Å². The molecule has 29 heavy (non-hydrogen) atoms. The van der Waals surface area contributed by atoms with E-state index in [1.807, 2.05) is 24.4 Å². The summed E-state index contributed by atoms with van der Waals surface area (Å²) in [6.07, 6.45) is 3.72. The van der Waals surface area contributed by atoms with Crippen molar-refractivity contribution in [3.05, 3.63) is 58.2 Å². The molecule has 0 aliphatic carbocycles. The molecule has 0 spiro atoms. The number of carbonyl (C=O) groups is 1. The van der Waals surface area contributed by atoms with Crippen molar-refractivity contribution in [1.29, 1.82) is 0 Å². The lowest BCUT2D eigenvalue weighted by Gasteiger charge is -2.26. The maximum atomic E-state index is 11.9. The molecule has 3 aromatic rings. The zero-order chi connectivity index (χ0) is 20.4. The Hall–Kier alpha value is -2.64. The summed E-state index contributed by atoms with van der Waals surface area (Å²) >= 11 is 3.54. The molecular formula is C22H21BrN2O4. The number of ether oxygens (including phenoxy) is 2. The van der Waals surface area contributed by atoms with E-state index in [0.717, 1.165) is 39.5 Å². The highest BCUT2D eigenvalue weighted by Gasteiger charge is 2.22. The van der Waals surface area contributed by atoms with Crippen LogP contribution in [0.3, 0.4) is 0 Å². The average molecular weight is 457 g/mol. The third-order valence-electron chi connectivity index (χ3n) is 5.24. The number of halogens is 1. The highest BCUT2D eigenvalue weighted by Crippen LogP contribution is 2.39. The highest BCUT2D eigenvalue weighted by atomic mass is 79.9. The third kappa shape index (κ3) is 4.06. The van der Waals surface area contributed by atoms with Gasteiger partial charge in [-0.15, -0.1) is 0 Å². The zero-order valence-electron chi connectivity index (χ0n) is 15.9. The van der Waals surface area contributed by atoms with E-state index in [1.165, 1.54) is 13.2 Å². The first-order valence-electron chi connectivity index (χ1n) is 9.41. The molecule has 7 heteroatoms. The molecule has 1 saturated heterocycles. The molecule has 0 radical (unpaired) electrons. The van der Waals surface area contributed by atoms with Crippen molar-refractivity contribution in [2.75, 3.05) is 25.6 Å². The van der Waals surface area contributed by atoms with Crippen molar-refractivity contribution in [2.24, 2.45) is 0 Å². The van der Waals surface area contributed by atoms with Gasteiger partial charge < -0.3 is 19.9 Å². The van der Waals surface area contributed by atoms with Gasteiger partial charge in [-0.05, 0) is 60.7 Å². The van der Waals surface area contributed by atoms with E-state index in [9.17, 15) is 9.90 Å². The number of nitrogens with zero attached hydrogens (tertiary/aromatic N) is 1. The molecule has 0 bridgehead atoms. The van der Waals surface area contributed by atoms with Gasteiger partial charge >= 0.3 is 5.97 Å². The number of hydrogen-bond donors (Lipinski definition) is 2. The second-order valence-electron chi connectivity index (χ2n) is 6.98. The molecule has 2 N–H and O–H groups in total. The van der Waals surface area contributed by atoms with Crippen LogP contribution in [0.5, 0.6) is 5.75 Å². The van der Waals surface area contributed by atoms with Gasteiger partial charge in [0.2, 0.25) is 0 Å². The number of benzene rings is 2. The van der Waals surface area contributed by atoms with Crippen LogP contribution >= 0.6 is 15.9 Å². The van der Waals surface area contributed by atoms with E-state index >= 15 is 0 Å². The van der Waals surface area contributed by atoms with Crippen LogP contribution in [0, 0.1) is 0 Å². The molecule has 1 aliphatic rings. The van der Waals surface area contributed by atoms with Gasteiger partial charge in [-0.3, -0.25) is 4.98 Å². The highest BCUT2D eigenvalue weighted by molar-refractivity contribution is 9.10. The minimum Gasteiger partial charge on any atom is -0.497 e. The Labute approximate surface area is 177 Å². The largest absolute Gasteiger partial charge is 0.497 e. The molecule has 6 nitrogen and oxygen atoms in total. The van der Waals surface area contributed by atoms with Crippen molar-refractivity contribution < 1.29 is 19.4 Å². The van der Waals surface area contributed by atoms with Crippen LogP contribution in [-0.4, -0.2) is 36.4 Å². The number of aromatic nitrogens is 1. The number of carboxylic acid groups (broad SMARTS) is 1. The van der Waals surface area contributed by atoms with E-state index in [0.29, 0.717) is 30.6 Å². The molecule has 0 atom stereocenters. The summed E-state index contributed by atoms with van der Waals surface area (Å²) in [7, 11) is 1.52. The van der Waals surface area contributed by atoms with E-state index in [2.05, 4.69) is 26.2 Å². The normalized spacial score (nSPS) is 14.7. The van der Waals surface area contributed by atoms with E-state index in [1.54, 1.807) is 12.1 Å². The van der Waals surface area contributed by atoms with E-state index in [4.69, 9.17) is 9.47 Å². The lowest BCUT2D eigenvalue weighted by Crippen LogP contribution is -2.16. The first kappa shape index (κ1) is 19.7. The summed E-state index contributed by atoms with van der Waals surface area (Å²) in [4.78, 5) is 16.5. The summed E-state index contributed by atoms with van der Waals surface area (Å²) < 4.78 is 11.7. The van der Waals surface area contributed by atoms with Gasteiger partial charge in [-0.2, -0.15) is 0 Å². The van der Waals surface area contributed by atoms with Gasteiger partial charge in [0.25, 0.3) is 0 Å². The molecule has 150 valence electrons. The van der Waals surface area contributed by atoms with Crippen LogP contribution in [0.15, 0.2) is 47.1 Å². The zero-order valence-corrected chi connectivity index (χ0v) is 17.5. The molecule has 2 heterocycles. The van der Waals surface area contributed by atoms with E-state index < -0.39 is 5.97 Å². The molecule has 1 fully saturated rings. The fraction of sp³-hybridized carbons (Fsp3) is 0.273. The molecule has 1 aromatic heterocycles. The summed E-state index contributed by atoms with van der Waals surface area (Å²) in [6.45, 7) is 1.42. The molecule has 2 aromatic carbocycles. The number of fused-ring (bicyclic) bond motifs is 1. The maximum Gasteiger partial charge on any atom is 0.337 e. The first-order valence-corrected chi connectivity index (χ1v) is 10.2. The summed E-state index contributed by atoms with van der Waals surface area (Å²) in [5.41, 5.74) is 3.47. The van der Waals surface area contributed by atoms with Crippen molar-refractivity contribution >= 4 is 44.2 Å². The quantitative estimate of drug-likeness (QED) is 0.538. The molecule has 4 rings (SSSR count). The van der Waals surface area contributed by atoms with Crippen molar-refractivity contribution in [2.45, 2.75) is 18.8 Å². The molecule has 0 saturated carbocycles. The molecule has 0 unspecified atom stereocenters. The summed E-state index contributed by atoms with van der Waals surface area (Å²) in [5, 5.41) is 14.1. The Balaban J connectivity index is 1.87. The molecule has 0 amide bonds. The second-order valence-corrected chi connectivity index (χ2v) is 7.89. The maximum absolute atomic E-state index is 11.9. The van der Waals surface area contributed by atoms with Crippen molar-refractivity contribution in [3.63, 3.8) is 0 Å². The second kappa shape index (κ2) is 8.39. The lowest BCUT2D eigenvalue weighted by atomic mass is 9.90. The van der Waals surface area contributed by atoms with Crippen LogP contribution in [-0.2, 0) is 4.74 Å². The van der Waals surface area contributed by atoms with Gasteiger partial charge in [0.15, 0.2) is 0 Å². The number of carboxylic acids is 1. The smallest absolute Gasteiger partial charge is 0.337 e. The Kier molecular flexibility index (Phi) is 5.69. The Morgan fingerprint density at radius 2 is 2.03 bits per heavy atom. The third-order valence-corrected chi connectivity index (χ3v) is 5.73. The van der Waals surface area contributed by atoms with Crippen LogP contribution in [0.4, 0.5) is 11.4 Å². The monoisotopic (exact) mass is 456 g/mol. The minimum atomic E-state index is -1.02. The number of rotatable bonds is 5. The molecular weight excluding hydrogens is 436 g/mol. The summed E-state index contributed by atoms with van der Waals surface area (Å²) in [6, 6.07) is 10.9. The number of pyridine rings is 1. The lowest BCUT2D eigenvalue weighted by molar-refractivity contribution is 0.0697. The summed E-state index contributed by atoms with van der Waals surface area (Å²) in [5.74, 6) is -0.216. The predicted octanol–water partition coefficient (Wildman–Crippen LogP) is 5.34. The Bertz CT molecular complexity index is 1060. The number of nitrogens with one attached hydrogen (secondary N) is 1. The number of anilines is 2. The minimum absolute atomic E-state index is 0.155. The topological polar surface area (TPSA) is 80.7 Å². The first-order chi connectivity index (χ1) is 14.1. The van der Waals surface area contributed by atoms with Crippen LogP contribution in [0.2, 0.25) is 0 Å². The predicted molar refractivity (Wildman–Crippen MR) is 115 cm³/mol. The fourth-order valence-corrected chi connectivity index (χ4v) is 4.07. The van der Waals surface area contributed by atoms with Gasteiger partial charge in [0, 0.05) is 29.3 Å². The Morgan fingerprint density at radius 1 is 1.24 bits per heavy atom. The standard InChI is InChI=1S/C22H21BrN2O4/c1-28-15-3-5-20(17(11-15)22(26)27)25-21-16-10-14(23)2-4-19(16)24-12-18(21)13-6-8-29-9-7-13/h2-5,10-13H,6-9H2,1H3,(H,24,25)(H,26,27). The van der Waals surface area contributed by atoms with Crippen molar-refractivity contribution in [3.8, 4) is 5.75 Å².